The number of anilines is 1. The highest BCUT2D eigenvalue weighted by Gasteiger charge is 2.51. The zero-order valence-electron chi connectivity index (χ0n) is 14.3. The van der Waals surface area contributed by atoms with Crippen LogP contribution in [-0.4, -0.2) is 11.8 Å². The van der Waals surface area contributed by atoms with Gasteiger partial charge >= 0.3 is 0 Å². The molecule has 25 heavy (non-hydrogen) atoms. The molecule has 3 N–H and O–H groups in total. The van der Waals surface area contributed by atoms with Crippen molar-refractivity contribution in [2.75, 3.05) is 5.32 Å². The molecule has 0 aliphatic heterocycles. The predicted molar refractivity (Wildman–Crippen MR) is 100 cm³/mol. The molecule has 2 amide bonds. The summed E-state index contributed by atoms with van der Waals surface area (Å²) >= 11 is 1.53. The number of benzene rings is 1. The lowest BCUT2D eigenvalue weighted by Crippen LogP contribution is -2.28. The van der Waals surface area contributed by atoms with Crippen LogP contribution in [0.1, 0.15) is 52.5 Å². The van der Waals surface area contributed by atoms with Crippen molar-refractivity contribution < 1.29 is 9.59 Å². The summed E-state index contributed by atoms with van der Waals surface area (Å²) in [4.78, 5) is 26.2. The zero-order chi connectivity index (χ0) is 17.6. The van der Waals surface area contributed by atoms with Crippen LogP contribution in [0.4, 0.5) is 5.00 Å². The number of hydrogen-bond acceptors (Lipinski definition) is 3. The van der Waals surface area contributed by atoms with Crippen LogP contribution in [0.5, 0.6) is 0 Å². The second-order valence-corrected chi connectivity index (χ2v) is 8.43. The topological polar surface area (TPSA) is 72.2 Å². The molecule has 2 aliphatic rings. The Morgan fingerprint density at radius 2 is 1.96 bits per heavy atom. The van der Waals surface area contributed by atoms with Crippen LogP contribution in [0.15, 0.2) is 30.3 Å². The van der Waals surface area contributed by atoms with Crippen molar-refractivity contribution in [1.29, 1.82) is 0 Å². The van der Waals surface area contributed by atoms with Crippen LogP contribution < -0.4 is 11.1 Å². The van der Waals surface area contributed by atoms with Gasteiger partial charge in [0.2, 0.25) is 5.91 Å². The van der Waals surface area contributed by atoms with E-state index in [0.29, 0.717) is 16.5 Å². The molecular weight excluding hydrogens is 332 g/mol. The van der Waals surface area contributed by atoms with E-state index in [1.807, 2.05) is 30.3 Å². The number of carbonyl (C=O) groups is 2. The molecule has 0 unspecified atom stereocenters. The summed E-state index contributed by atoms with van der Waals surface area (Å²) in [6.45, 7) is 2.22. The highest BCUT2D eigenvalue weighted by Crippen LogP contribution is 2.49. The second-order valence-electron chi connectivity index (χ2n) is 7.32. The van der Waals surface area contributed by atoms with E-state index in [9.17, 15) is 9.59 Å². The molecule has 1 saturated carbocycles. The van der Waals surface area contributed by atoms with Crippen molar-refractivity contribution in [2.45, 2.75) is 44.4 Å². The summed E-state index contributed by atoms with van der Waals surface area (Å²) in [6, 6.07) is 9.88. The summed E-state index contributed by atoms with van der Waals surface area (Å²) in [6.07, 6.45) is 4.57. The minimum atomic E-state index is -0.450. The maximum absolute atomic E-state index is 13.0. The van der Waals surface area contributed by atoms with Crippen molar-refractivity contribution in [3.63, 3.8) is 0 Å². The first kappa shape index (κ1) is 16.3. The normalized spacial score (nSPS) is 20.6. The Bertz CT molecular complexity index is 837. The minimum Gasteiger partial charge on any atom is -0.365 e. The van der Waals surface area contributed by atoms with Gasteiger partial charge in [-0.15, -0.1) is 11.3 Å². The monoisotopic (exact) mass is 354 g/mol. The molecule has 1 atom stereocenters. The fourth-order valence-corrected chi connectivity index (χ4v) is 5.26. The van der Waals surface area contributed by atoms with E-state index in [4.69, 9.17) is 5.73 Å². The SMILES string of the molecule is C[C@@H]1CCc2c(sc(NC(=O)C3(c4ccccc4)CC3)c2C(N)=O)C1. The van der Waals surface area contributed by atoms with Gasteiger partial charge in [0.05, 0.1) is 11.0 Å². The second kappa shape index (κ2) is 5.99. The molecule has 0 bridgehead atoms. The number of fused-ring (bicyclic) bond motifs is 1. The Morgan fingerprint density at radius 1 is 1.24 bits per heavy atom. The average Bonchev–Trinajstić information content (AvgIpc) is 3.32. The maximum Gasteiger partial charge on any atom is 0.251 e. The Morgan fingerprint density at radius 3 is 2.60 bits per heavy atom. The molecule has 130 valence electrons. The lowest BCUT2D eigenvalue weighted by Gasteiger charge is -2.18. The molecule has 4 rings (SSSR count). The molecule has 1 heterocycles. The van der Waals surface area contributed by atoms with Crippen LogP contribution in [0.2, 0.25) is 0 Å². The smallest absolute Gasteiger partial charge is 0.251 e. The third kappa shape index (κ3) is 2.76. The number of amides is 2. The molecule has 0 radical (unpaired) electrons. The van der Waals surface area contributed by atoms with Crippen molar-refractivity contribution >= 4 is 28.2 Å². The van der Waals surface area contributed by atoms with Gasteiger partial charge < -0.3 is 11.1 Å². The number of nitrogens with two attached hydrogens (primary N) is 1. The van der Waals surface area contributed by atoms with Gasteiger partial charge in [0.1, 0.15) is 5.00 Å². The fourth-order valence-electron chi connectivity index (χ4n) is 3.85. The maximum atomic E-state index is 13.0. The van der Waals surface area contributed by atoms with E-state index >= 15 is 0 Å². The van der Waals surface area contributed by atoms with Gasteiger partial charge in [-0.05, 0) is 49.1 Å². The molecule has 2 aliphatic carbocycles. The van der Waals surface area contributed by atoms with Crippen LogP contribution >= 0.6 is 11.3 Å². The number of primary amides is 1. The van der Waals surface area contributed by atoms with E-state index in [2.05, 4.69) is 12.2 Å². The van der Waals surface area contributed by atoms with Crippen LogP contribution in [0, 0.1) is 5.92 Å². The summed E-state index contributed by atoms with van der Waals surface area (Å²) in [5.74, 6) is 0.147. The van der Waals surface area contributed by atoms with E-state index < -0.39 is 11.3 Å². The molecule has 0 saturated heterocycles. The van der Waals surface area contributed by atoms with E-state index in [0.717, 1.165) is 43.2 Å². The van der Waals surface area contributed by atoms with E-state index in [-0.39, 0.29) is 5.91 Å². The molecule has 5 heteroatoms. The van der Waals surface area contributed by atoms with Gasteiger partial charge in [-0.3, -0.25) is 9.59 Å². The number of thiophene rings is 1. The standard InChI is InChI=1S/C20H22N2O2S/c1-12-7-8-14-15(11-12)25-18(16(14)17(21)23)22-19(24)20(9-10-20)13-5-3-2-4-6-13/h2-6,12H,7-11H2,1H3,(H2,21,23)(H,22,24)/t12-/m1/s1. The van der Waals surface area contributed by atoms with Crippen molar-refractivity contribution in [3.8, 4) is 0 Å². The Kier molecular flexibility index (Phi) is 3.91. The first-order valence-electron chi connectivity index (χ1n) is 8.82. The van der Waals surface area contributed by atoms with Gasteiger partial charge in [0, 0.05) is 4.88 Å². The van der Waals surface area contributed by atoms with Crippen molar-refractivity contribution in [2.24, 2.45) is 11.7 Å². The fraction of sp³-hybridized carbons (Fsp3) is 0.400. The van der Waals surface area contributed by atoms with Crippen LogP contribution in [0.25, 0.3) is 0 Å². The van der Waals surface area contributed by atoms with Gasteiger partial charge in [-0.25, -0.2) is 0 Å². The van der Waals surface area contributed by atoms with E-state index in [1.54, 1.807) is 0 Å². The van der Waals surface area contributed by atoms with Gasteiger partial charge in [0.15, 0.2) is 0 Å². The van der Waals surface area contributed by atoms with Crippen LogP contribution in [-0.2, 0) is 23.1 Å². The molecular formula is C20H22N2O2S. The average molecular weight is 354 g/mol. The third-order valence-electron chi connectivity index (χ3n) is 5.50. The van der Waals surface area contributed by atoms with Crippen LogP contribution in [0.3, 0.4) is 0 Å². The first-order valence-corrected chi connectivity index (χ1v) is 9.64. The van der Waals surface area contributed by atoms with Gasteiger partial charge in [-0.1, -0.05) is 37.3 Å². The predicted octanol–water partition coefficient (Wildman–Crippen LogP) is 3.64. The number of rotatable bonds is 4. The largest absolute Gasteiger partial charge is 0.365 e. The summed E-state index contributed by atoms with van der Waals surface area (Å²) < 4.78 is 0. The van der Waals surface area contributed by atoms with Gasteiger partial charge in [0.25, 0.3) is 5.91 Å². The summed E-state index contributed by atoms with van der Waals surface area (Å²) in [5, 5.41) is 3.68. The molecule has 0 spiro atoms. The molecule has 1 fully saturated rings. The highest BCUT2D eigenvalue weighted by molar-refractivity contribution is 7.17. The lowest BCUT2D eigenvalue weighted by molar-refractivity contribution is -0.118. The third-order valence-corrected chi connectivity index (χ3v) is 6.67. The Balaban J connectivity index is 1.65. The number of carbonyl (C=O) groups excluding carboxylic acids is 2. The molecule has 4 nitrogen and oxygen atoms in total. The van der Waals surface area contributed by atoms with Crippen molar-refractivity contribution in [1.82, 2.24) is 0 Å². The zero-order valence-corrected chi connectivity index (χ0v) is 15.1. The molecule has 1 aromatic carbocycles. The summed E-state index contributed by atoms with van der Waals surface area (Å²) in [5.41, 5.74) is 7.82. The number of nitrogens with one attached hydrogen (secondary N) is 1. The van der Waals surface area contributed by atoms with Gasteiger partial charge in [-0.2, -0.15) is 0 Å². The van der Waals surface area contributed by atoms with E-state index in [1.165, 1.54) is 16.2 Å². The number of hydrogen-bond donors (Lipinski definition) is 2. The Labute approximate surface area is 151 Å². The summed E-state index contributed by atoms with van der Waals surface area (Å²) in [7, 11) is 0. The Hall–Kier alpha value is -2.14. The molecule has 1 aromatic heterocycles. The lowest BCUT2D eigenvalue weighted by atomic mass is 9.88. The van der Waals surface area contributed by atoms with Crippen molar-refractivity contribution in [3.05, 3.63) is 51.9 Å². The quantitative estimate of drug-likeness (QED) is 0.880. The first-order chi connectivity index (χ1) is 12.0. The molecule has 2 aromatic rings. The minimum absolute atomic E-state index is 0.0205. The highest BCUT2D eigenvalue weighted by atomic mass is 32.1.